The first kappa shape index (κ1) is 18.3. The Hall–Kier alpha value is -1.50. The summed E-state index contributed by atoms with van der Waals surface area (Å²) in [7, 11) is 0. The van der Waals surface area contributed by atoms with Crippen molar-refractivity contribution in [2.24, 2.45) is 0 Å². The number of thiocarbonyl (C=S) groups is 1. The molecule has 3 rings (SSSR count). The Kier molecular flexibility index (Phi) is 6.39. The molecule has 0 spiro atoms. The number of hydrogen-bond acceptors (Lipinski definition) is 2. The Morgan fingerprint density at radius 3 is 2.64 bits per heavy atom. The largest absolute Gasteiger partial charge is 0.348 e. The second kappa shape index (κ2) is 8.74. The lowest BCUT2D eigenvalue weighted by atomic mass is 10.2. The van der Waals surface area contributed by atoms with Gasteiger partial charge in [0, 0.05) is 37.2 Å². The summed E-state index contributed by atoms with van der Waals surface area (Å²) in [6.45, 7) is 4.82. The van der Waals surface area contributed by atoms with Crippen molar-refractivity contribution < 1.29 is 4.39 Å². The molecule has 0 atom stereocenters. The van der Waals surface area contributed by atoms with E-state index in [1.165, 1.54) is 17.7 Å². The van der Waals surface area contributed by atoms with Gasteiger partial charge in [-0.1, -0.05) is 30.3 Å². The molecule has 0 unspecified atom stereocenters. The van der Waals surface area contributed by atoms with E-state index in [1.54, 1.807) is 6.07 Å². The van der Waals surface area contributed by atoms with Crippen LogP contribution in [0.15, 0.2) is 53.0 Å². The Balaban J connectivity index is 1.56. The van der Waals surface area contributed by atoms with Crippen LogP contribution in [0.25, 0.3) is 0 Å². The van der Waals surface area contributed by atoms with Crippen LogP contribution in [-0.2, 0) is 6.54 Å². The zero-order chi connectivity index (χ0) is 17.6. The van der Waals surface area contributed by atoms with Gasteiger partial charge in [0.1, 0.15) is 5.82 Å². The third-order valence-electron chi connectivity index (χ3n) is 4.30. The quantitative estimate of drug-likeness (QED) is 0.735. The zero-order valence-corrected chi connectivity index (χ0v) is 16.3. The van der Waals surface area contributed by atoms with Gasteiger partial charge in [-0.15, -0.1) is 0 Å². The van der Waals surface area contributed by atoms with Crippen molar-refractivity contribution in [2.75, 3.05) is 31.5 Å². The van der Waals surface area contributed by atoms with E-state index < -0.39 is 0 Å². The molecule has 2 aromatic rings. The van der Waals surface area contributed by atoms with Crippen molar-refractivity contribution in [1.82, 2.24) is 9.80 Å². The van der Waals surface area contributed by atoms with Crippen molar-refractivity contribution in [1.29, 1.82) is 0 Å². The van der Waals surface area contributed by atoms with E-state index in [4.69, 9.17) is 12.2 Å². The molecule has 1 saturated heterocycles. The fourth-order valence-electron chi connectivity index (χ4n) is 2.96. The van der Waals surface area contributed by atoms with Crippen LogP contribution < -0.4 is 5.32 Å². The molecule has 1 aliphatic heterocycles. The minimum Gasteiger partial charge on any atom is -0.348 e. The van der Waals surface area contributed by atoms with E-state index in [0.717, 1.165) is 44.8 Å². The summed E-state index contributed by atoms with van der Waals surface area (Å²) in [5.74, 6) is -0.269. The molecule has 1 fully saturated rings. The molecule has 25 heavy (non-hydrogen) atoms. The van der Waals surface area contributed by atoms with E-state index in [0.29, 0.717) is 9.59 Å². The summed E-state index contributed by atoms with van der Waals surface area (Å²) >= 11 is 8.93. The van der Waals surface area contributed by atoms with Gasteiger partial charge in [-0.2, -0.15) is 0 Å². The Bertz CT molecular complexity index is 726. The van der Waals surface area contributed by atoms with Crippen molar-refractivity contribution in [3.05, 3.63) is 64.4 Å². The van der Waals surface area contributed by atoms with Crippen LogP contribution in [0, 0.1) is 5.82 Å². The average Bonchev–Trinajstić information content (AvgIpc) is 2.84. The highest BCUT2D eigenvalue weighted by Gasteiger charge is 2.17. The summed E-state index contributed by atoms with van der Waals surface area (Å²) in [5.41, 5.74) is 2.13. The fourth-order valence-corrected chi connectivity index (χ4v) is 3.70. The molecule has 0 aromatic heterocycles. The van der Waals surface area contributed by atoms with Gasteiger partial charge in [0.25, 0.3) is 0 Å². The lowest BCUT2D eigenvalue weighted by Gasteiger charge is -2.25. The van der Waals surface area contributed by atoms with E-state index in [2.05, 4.69) is 55.3 Å². The van der Waals surface area contributed by atoms with Crippen LogP contribution in [0.2, 0.25) is 0 Å². The molecule has 132 valence electrons. The smallest absolute Gasteiger partial charge is 0.173 e. The van der Waals surface area contributed by atoms with Crippen molar-refractivity contribution in [3.8, 4) is 0 Å². The first-order chi connectivity index (χ1) is 12.1. The maximum absolute atomic E-state index is 13.2. The maximum atomic E-state index is 13.2. The third-order valence-corrected chi connectivity index (χ3v) is 5.31. The standard InChI is InChI=1S/C19H21BrFN3S/c20-17-13-16(21)7-8-18(17)22-19(25)24-10-4-9-23(11-12-24)14-15-5-2-1-3-6-15/h1-3,5-8,13H,4,9-12,14H2,(H,22,25). The predicted octanol–water partition coefficient (Wildman–Crippen LogP) is 4.49. The van der Waals surface area contributed by atoms with Crippen LogP contribution in [-0.4, -0.2) is 41.1 Å². The molecule has 0 radical (unpaired) electrons. The number of nitrogens with zero attached hydrogens (tertiary/aromatic N) is 2. The van der Waals surface area contributed by atoms with Gasteiger partial charge in [0.05, 0.1) is 5.69 Å². The first-order valence-corrected chi connectivity index (χ1v) is 9.59. The summed E-state index contributed by atoms with van der Waals surface area (Å²) < 4.78 is 13.9. The zero-order valence-electron chi connectivity index (χ0n) is 13.9. The summed E-state index contributed by atoms with van der Waals surface area (Å²) in [6, 6.07) is 15.1. The summed E-state index contributed by atoms with van der Waals surface area (Å²) in [4.78, 5) is 4.65. The number of rotatable bonds is 3. The molecule has 1 N–H and O–H groups in total. The normalized spacial score (nSPS) is 15.7. The number of halogens is 2. The highest BCUT2D eigenvalue weighted by molar-refractivity contribution is 9.10. The Morgan fingerprint density at radius 1 is 1.08 bits per heavy atom. The van der Waals surface area contributed by atoms with Crippen LogP contribution in [0.5, 0.6) is 0 Å². The van der Waals surface area contributed by atoms with E-state index in [9.17, 15) is 4.39 Å². The van der Waals surface area contributed by atoms with Gasteiger partial charge in [0.2, 0.25) is 0 Å². The average molecular weight is 422 g/mol. The van der Waals surface area contributed by atoms with Gasteiger partial charge in [0.15, 0.2) is 5.11 Å². The molecule has 0 bridgehead atoms. The molecule has 1 aliphatic rings. The van der Waals surface area contributed by atoms with Crippen molar-refractivity contribution in [2.45, 2.75) is 13.0 Å². The van der Waals surface area contributed by atoms with Crippen LogP contribution in [0.3, 0.4) is 0 Å². The van der Waals surface area contributed by atoms with E-state index >= 15 is 0 Å². The highest BCUT2D eigenvalue weighted by Crippen LogP contribution is 2.23. The number of hydrogen-bond donors (Lipinski definition) is 1. The molecule has 0 aliphatic carbocycles. The van der Waals surface area contributed by atoms with Gasteiger partial charge in [-0.3, -0.25) is 4.90 Å². The van der Waals surface area contributed by atoms with Crippen LogP contribution in [0.1, 0.15) is 12.0 Å². The lowest BCUT2D eigenvalue weighted by Crippen LogP contribution is -2.37. The van der Waals surface area contributed by atoms with Gasteiger partial charge in [-0.05, 0) is 58.3 Å². The van der Waals surface area contributed by atoms with Gasteiger partial charge >= 0.3 is 0 Å². The second-order valence-corrected chi connectivity index (χ2v) is 7.40. The van der Waals surface area contributed by atoms with E-state index in [-0.39, 0.29) is 5.82 Å². The first-order valence-electron chi connectivity index (χ1n) is 8.39. The Morgan fingerprint density at radius 2 is 1.88 bits per heavy atom. The molecule has 2 aromatic carbocycles. The summed E-state index contributed by atoms with van der Waals surface area (Å²) in [6.07, 6.45) is 1.07. The van der Waals surface area contributed by atoms with E-state index in [1.807, 2.05) is 6.07 Å². The van der Waals surface area contributed by atoms with Gasteiger partial charge in [-0.25, -0.2) is 4.39 Å². The molecule has 1 heterocycles. The summed E-state index contributed by atoms with van der Waals surface area (Å²) in [5, 5.41) is 3.91. The number of benzene rings is 2. The molecule has 3 nitrogen and oxygen atoms in total. The number of nitrogens with one attached hydrogen (secondary N) is 1. The second-order valence-electron chi connectivity index (χ2n) is 6.16. The molecular weight excluding hydrogens is 401 g/mol. The molecule has 6 heteroatoms. The lowest BCUT2D eigenvalue weighted by molar-refractivity contribution is 0.278. The minimum absolute atomic E-state index is 0.269. The van der Waals surface area contributed by atoms with Crippen LogP contribution >= 0.6 is 28.1 Å². The topological polar surface area (TPSA) is 18.5 Å². The van der Waals surface area contributed by atoms with Crippen LogP contribution in [0.4, 0.5) is 10.1 Å². The number of anilines is 1. The Labute approximate surface area is 161 Å². The molecule has 0 amide bonds. The fraction of sp³-hybridized carbons (Fsp3) is 0.316. The predicted molar refractivity (Wildman–Crippen MR) is 108 cm³/mol. The van der Waals surface area contributed by atoms with Crippen molar-refractivity contribution in [3.63, 3.8) is 0 Å². The molecule has 0 saturated carbocycles. The highest BCUT2D eigenvalue weighted by atomic mass is 79.9. The molecular formula is C19H21BrFN3S. The van der Waals surface area contributed by atoms with Crippen molar-refractivity contribution >= 4 is 38.9 Å². The third kappa shape index (κ3) is 5.23. The minimum atomic E-state index is -0.269. The monoisotopic (exact) mass is 421 g/mol. The SMILES string of the molecule is Fc1ccc(NC(=S)N2CCCN(Cc3ccccc3)CC2)c(Br)c1. The van der Waals surface area contributed by atoms with Gasteiger partial charge < -0.3 is 10.2 Å². The maximum Gasteiger partial charge on any atom is 0.173 e.